The van der Waals surface area contributed by atoms with E-state index >= 15 is 0 Å². The third kappa shape index (κ3) is 5.01. The van der Waals surface area contributed by atoms with Crippen LogP contribution in [0.3, 0.4) is 0 Å². The molecular formula is C12H24BrNO. The molecule has 0 N–H and O–H groups in total. The molecule has 1 amide bonds. The van der Waals surface area contributed by atoms with Crippen molar-refractivity contribution in [3.8, 4) is 0 Å². The molecule has 2 atom stereocenters. The summed E-state index contributed by atoms with van der Waals surface area (Å²) in [5.41, 5.74) is 0.203. The van der Waals surface area contributed by atoms with Gasteiger partial charge in [0.15, 0.2) is 0 Å². The van der Waals surface area contributed by atoms with Gasteiger partial charge < -0.3 is 4.90 Å². The highest BCUT2D eigenvalue weighted by Gasteiger charge is 2.25. The molecule has 0 rings (SSSR count). The Balaban J connectivity index is 4.25. The van der Waals surface area contributed by atoms with Crippen molar-refractivity contribution in [2.75, 3.05) is 12.4 Å². The van der Waals surface area contributed by atoms with E-state index in [1.54, 1.807) is 0 Å². The number of carbonyl (C=O) groups is 1. The summed E-state index contributed by atoms with van der Waals surface area (Å²) in [6, 6.07) is 0.268. The van der Waals surface area contributed by atoms with Crippen LogP contribution < -0.4 is 0 Å². The van der Waals surface area contributed by atoms with Gasteiger partial charge in [-0.3, -0.25) is 4.79 Å². The number of hydrogen-bond acceptors (Lipinski definition) is 1. The monoisotopic (exact) mass is 277 g/mol. The quantitative estimate of drug-likeness (QED) is 0.722. The van der Waals surface area contributed by atoms with Crippen molar-refractivity contribution in [1.82, 2.24) is 4.90 Å². The van der Waals surface area contributed by atoms with E-state index in [1.807, 2.05) is 11.9 Å². The third-order valence-electron chi connectivity index (χ3n) is 3.24. The van der Waals surface area contributed by atoms with Crippen molar-refractivity contribution in [2.45, 2.75) is 47.1 Å². The highest BCUT2D eigenvalue weighted by atomic mass is 79.9. The second-order valence-corrected chi connectivity index (χ2v) is 6.13. The van der Waals surface area contributed by atoms with E-state index in [1.165, 1.54) is 0 Å². The minimum Gasteiger partial charge on any atom is -0.342 e. The SMILES string of the molecule is CC(CBr)N(C)C(=O)CC(C)C(C)(C)C. The van der Waals surface area contributed by atoms with Gasteiger partial charge in [0.25, 0.3) is 0 Å². The summed E-state index contributed by atoms with van der Waals surface area (Å²) in [5.74, 6) is 0.652. The maximum absolute atomic E-state index is 11.9. The fraction of sp³-hybridized carbons (Fsp3) is 0.917. The minimum atomic E-state index is 0.203. The molecule has 0 aliphatic carbocycles. The van der Waals surface area contributed by atoms with Crippen LogP contribution in [-0.4, -0.2) is 29.2 Å². The molecule has 0 radical (unpaired) electrons. The lowest BCUT2D eigenvalue weighted by Gasteiger charge is -2.30. The van der Waals surface area contributed by atoms with Crippen molar-refractivity contribution in [3.63, 3.8) is 0 Å². The van der Waals surface area contributed by atoms with Crippen molar-refractivity contribution < 1.29 is 4.79 Å². The summed E-state index contributed by atoms with van der Waals surface area (Å²) in [4.78, 5) is 13.7. The van der Waals surface area contributed by atoms with Crippen molar-refractivity contribution in [1.29, 1.82) is 0 Å². The number of alkyl halides is 1. The normalized spacial score (nSPS) is 15.9. The van der Waals surface area contributed by atoms with E-state index in [4.69, 9.17) is 0 Å². The summed E-state index contributed by atoms with van der Waals surface area (Å²) in [5, 5.41) is 0.832. The van der Waals surface area contributed by atoms with Gasteiger partial charge >= 0.3 is 0 Å². The average molecular weight is 278 g/mol. The van der Waals surface area contributed by atoms with Gasteiger partial charge in [-0.15, -0.1) is 0 Å². The van der Waals surface area contributed by atoms with E-state index < -0.39 is 0 Å². The summed E-state index contributed by atoms with van der Waals surface area (Å²) in [6.45, 7) is 10.7. The van der Waals surface area contributed by atoms with Gasteiger partial charge in [0.1, 0.15) is 0 Å². The largest absolute Gasteiger partial charge is 0.342 e. The molecule has 0 saturated carbocycles. The first-order valence-electron chi connectivity index (χ1n) is 5.51. The van der Waals surface area contributed by atoms with Gasteiger partial charge in [-0.25, -0.2) is 0 Å². The van der Waals surface area contributed by atoms with Crippen molar-refractivity contribution in [3.05, 3.63) is 0 Å². The standard InChI is InChI=1S/C12H24BrNO/c1-9(12(3,4)5)7-11(15)14(6)10(2)8-13/h9-10H,7-8H2,1-6H3. The smallest absolute Gasteiger partial charge is 0.222 e. The second kappa shape index (κ2) is 5.88. The molecule has 90 valence electrons. The van der Waals surface area contributed by atoms with Crippen molar-refractivity contribution in [2.24, 2.45) is 11.3 Å². The molecule has 0 spiro atoms. The minimum absolute atomic E-state index is 0.203. The highest BCUT2D eigenvalue weighted by Crippen LogP contribution is 2.28. The van der Waals surface area contributed by atoms with Gasteiger partial charge in [0.2, 0.25) is 5.91 Å². The summed E-state index contributed by atoms with van der Waals surface area (Å²) in [6.07, 6.45) is 0.636. The molecule has 0 aromatic carbocycles. The van der Waals surface area contributed by atoms with Gasteiger partial charge in [-0.05, 0) is 18.3 Å². The van der Waals surface area contributed by atoms with E-state index in [0.29, 0.717) is 12.3 Å². The van der Waals surface area contributed by atoms with Crippen LogP contribution in [0, 0.1) is 11.3 Å². The van der Waals surface area contributed by atoms with Gasteiger partial charge in [0, 0.05) is 24.8 Å². The zero-order chi connectivity index (χ0) is 12.2. The summed E-state index contributed by atoms with van der Waals surface area (Å²) in [7, 11) is 1.88. The molecule has 0 aromatic heterocycles. The fourth-order valence-electron chi connectivity index (χ4n) is 1.06. The Morgan fingerprint density at radius 2 is 1.80 bits per heavy atom. The first kappa shape index (κ1) is 14.9. The van der Waals surface area contributed by atoms with Crippen LogP contribution >= 0.6 is 15.9 Å². The number of nitrogens with zero attached hydrogens (tertiary/aromatic N) is 1. The second-order valence-electron chi connectivity index (χ2n) is 5.48. The van der Waals surface area contributed by atoms with E-state index in [2.05, 4.69) is 50.5 Å². The molecule has 0 saturated heterocycles. The van der Waals surface area contributed by atoms with Gasteiger partial charge in [-0.2, -0.15) is 0 Å². The van der Waals surface area contributed by atoms with E-state index in [0.717, 1.165) is 5.33 Å². The highest BCUT2D eigenvalue weighted by molar-refractivity contribution is 9.09. The number of hydrogen-bond donors (Lipinski definition) is 0. The maximum atomic E-state index is 11.9. The van der Waals surface area contributed by atoms with Crippen LogP contribution in [-0.2, 0) is 4.79 Å². The Hall–Kier alpha value is -0.0500. The molecule has 2 unspecified atom stereocenters. The van der Waals surface area contributed by atoms with Crippen LogP contribution in [0.25, 0.3) is 0 Å². The van der Waals surface area contributed by atoms with Gasteiger partial charge in [0.05, 0.1) is 0 Å². The third-order valence-corrected chi connectivity index (χ3v) is 4.17. The van der Waals surface area contributed by atoms with Gasteiger partial charge in [-0.1, -0.05) is 43.6 Å². The molecule has 3 heteroatoms. The lowest BCUT2D eigenvalue weighted by molar-refractivity contribution is -0.133. The zero-order valence-electron chi connectivity index (χ0n) is 10.8. The van der Waals surface area contributed by atoms with Crippen LogP contribution in [0.5, 0.6) is 0 Å². The predicted molar refractivity (Wildman–Crippen MR) is 69.3 cm³/mol. The number of rotatable bonds is 4. The molecule has 2 nitrogen and oxygen atoms in total. The lowest BCUT2D eigenvalue weighted by atomic mass is 9.80. The van der Waals surface area contributed by atoms with Crippen LogP contribution in [0.15, 0.2) is 0 Å². The van der Waals surface area contributed by atoms with Crippen LogP contribution in [0.4, 0.5) is 0 Å². The first-order chi connectivity index (χ1) is 6.70. The molecule has 0 aromatic rings. The lowest BCUT2D eigenvalue weighted by Crippen LogP contribution is -2.38. The maximum Gasteiger partial charge on any atom is 0.222 e. The summed E-state index contributed by atoms with van der Waals surface area (Å²) >= 11 is 3.40. The molecule has 0 aliphatic heterocycles. The number of halogens is 1. The Labute approximate surface area is 103 Å². The van der Waals surface area contributed by atoms with Crippen molar-refractivity contribution >= 4 is 21.8 Å². The Kier molecular flexibility index (Phi) is 5.86. The average Bonchev–Trinajstić information content (AvgIpc) is 2.13. The number of amides is 1. The first-order valence-corrected chi connectivity index (χ1v) is 6.64. The summed E-state index contributed by atoms with van der Waals surface area (Å²) < 4.78 is 0. The van der Waals surface area contributed by atoms with E-state index in [-0.39, 0.29) is 17.4 Å². The molecular weight excluding hydrogens is 254 g/mol. The topological polar surface area (TPSA) is 20.3 Å². The molecule has 0 bridgehead atoms. The molecule has 0 fully saturated rings. The Morgan fingerprint density at radius 3 is 2.13 bits per heavy atom. The molecule has 15 heavy (non-hydrogen) atoms. The van der Waals surface area contributed by atoms with Crippen LogP contribution in [0.2, 0.25) is 0 Å². The fourth-order valence-corrected chi connectivity index (χ4v) is 1.50. The zero-order valence-corrected chi connectivity index (χ0v) is 12.4. The Morgan fingerprint density at radius 1 is 1.33 bits per heavy atom. The van der Waals surface area contributed by atoms with Crippen LogP contribution in [0.1, 0.15) is 41.0 Å². The molecule has 0 heterocycles. The Bertz CT molecular complexity index is 210. The predicted octanol–water partition coefficient (Wildman–Crippen LogP) is 3.30. The number of carbonyl (C=O) groups excluding carboxylic acids is 1. The molecule has 0 aliphatic rings. The van der Waals surface area contributed by atoms with E-state index in [9.17, 15) is 4.79 Å².